The normalized spacial score (nSPS) is 17.2. The highest BCUT2D eigenvalue weighted by atomic mass is 16.1. The van der Waals surface area contributed by atoms with Crippen LogP contribution in [-0.4, -0.2) is 28.8 Å². The van der Waals surface area contributed by atoms with Gasteiger partial charge in [-0.1, -0.05) is 0 Å². The Morgan fingerprint density at radius 3 is 2.36 bits per heavy atom. The summed E-state index contributed by atoms with van der Waals surface area (Å²) >= 11 is 0. The molecule has 0 spiro atoms. The van der Waals surface area contributed by atoms with E-state index in [1.54, 1.807) is 0 Å². The van der Waals surface area contributed by atoms with E-state index >= 15 is 0 Å². The van der Waals surface area contributed by atoms with Crippen molar-refractivity contribution < 1.29 is 4.79 Å². The number of piperidine rings is 1. The summed E-state index contributed by atoms with van der Waals surface area (Å²) in [6.45, 7) is 3.46. The number of ketones is 1. The zero-order chi connectivity index (χ0) is 9.97. The van der Waals surface area contributed by atoms with E-state index in [2.05, 4.69) is 14.9 Å². The first-order valence-electron chi connectivity index (χ1n) is 4.81. The van der Waals surface area contributed by atoms with Crippen molar-refractivity contribution in [2.45, 2.75) is 19.8 Å². The average molecular weight is 191 g/mol. The zero-order valence-corrected chi connectivity index (χ0v) is 8.23. The van der Waals surface area contributed by atoms with Gasteiger partial charge in [-0.15, -0.1) is 0 Å². The molecule has 0 N–H and O–H groups in total. The van der Waals surface area contributed by atoms with Crippen molar-refractivity contribution in [2.24, 2.45) is 0 Å². The molecule has 4 nitrogen and oxygen atoms in total. The Labute approximate surface area is 83.0 Å². The number of hydrogen-bond donors (Lipinski definition) is 0. The summed E-state index contributed by atoms with van der Waals surface area (Å²) in [5.41, 5.74) is 1.02. The van der Waals surface area contributed by atoms with Gasteiger partial charge in [0, 0.05) is 25.9 Å². The topological polar surface area (TPSA) is 46.1 Å². The van der Waals surface area contributed by atoms with Gasteiger partial charge in [-0.3, -0.25) is 4.79 Å². The highest BCUT2D eigenvalue weighted by molar-refractivity contribution is 5.80. The van der Waals surface area contributed by atoms with Crippen LogP contribution in [0.2, 0.25) is 0 Å². The Kier molecular flexibility index (Phi) is 2.43. The first-order chi connectivity index (χ1) is 6.75. The van der Waals surface area contributed by atoms with Gasteiger partial charge in [-0.2, -0.15) is 0 Å². The van der Waals surface area contributed by atoms with Gasteiger partial charge in [0.15, 0.2) is 0 Å². The van der Waals surface area contributed by atoms with Crippen LogP contribution < -0.4 is 4.90 Å². The van der Waals surface area contributed by atoms with Gasteiger partial charge in [-0.25, -0.2) is 9.97 Å². The van der Waals surface area contributed by atoms with Crippen molar-refractivity contribution >= 4 is 11.5 Å². The van der Waals surface area contributed by atoms with Crippen molar-refractivity contribution in [1.29, 1.82) is 0 Å². The average Bonchev–Trinajstić information content (AvgIpc) is 2.21. The molecule has 14 heavy (non-hydrogen) atoms. The zero-order valence-electron chi connectivity index (χ0n) is 8.23. The number of carbonyl (C=O) groups is 1. The lowest BCUT2D eigenvalue weighted by atomic mass is 10.1. The first kappa shape index (κ1) is 9.12. The van der Waals surface area contributed by atoms with Crippen LogP contribution in [0.5, 0.6) is 0 Å². The van der Waals surface area contributed by atoms with Crippen LogP contribution in [-0.2, 0) is 4.79 Å². The predicted molar refractivity (Wildman–Crippen MR) is 53.2 cm³/mol. The van der Waals surface area contributed by atoms with Crippen molar-refractivity contribution in [3.8, 4) is 0 Å². The van der Waals surface area contributed by atoms with Crippen LogP contribution in [0.1, 0.15) is 18.7 Å². The van der Waals surface area contributed by atoms with Crippen molar-refractivity contribution in [3.63, 3.8) is 0 Å². The molecular weight excluding hydrogens is 178 g/mol. The molecule has 1 aromatic rings. The number of carbonyl (C=O) groups excluding carboxylic acids is 1. The molecule has 2 heterocycles. The van der Waals surface area contributed by atoms with E-state index in [4.69, 9.17) is 0 Å². The standard InChI is InChI=1S/C10H13N3O/c1-8-11-6-9(7-12-8)13-4-2-10(14)3-5-13/h6-7H,2-5H2,1H3. The quantitative estimate of drug-likeness (QED) is 0.663. The monoisotopic (exact) mass is 191 g/mol. The number of hydrogen-bond acceptors (Lipinski definition) is 4. The smallest absolute Gasteiger partial charge is 0.136 e. The predicted octanol–water partition coefficient (Wildman–Crippen LogP) is 0.954. The van der Waals surface area contributed by atoms with E-state index in [-0.39, 0.29) is 0 Å². The molecule has 1 aromatic heterocycles. The molecule has 0 unspecified atom stereocenters. The lowest BCUT2D eigenvalue weighted by Gasteiger charge is -2.27. The SMILES string of the molecule is Cc1ncc(N2CCC(=O)CC2)cn1. The summed E-state index contributed by atoms with van der Waals surface area (Å²) in [7, 11) is 0. The molecule has 1 aliphatic heterocycles. The molecule has 0 amide bonds. The Morgan fingerprint density at radius 2 is 1.79 bits per heavy atom. The molecule has 0 bridgehead atoms. The fraction of sp³-hybridized carbons (Fsp3) is 0.500. The van der Waals surface area contributed by atoms with E-state index in [1.807, 2.05) is 19.3 Å². The molecule has 74 valence electrons. The minimum Gasteiger partial charge on any atom is -0.368 e. The third-order valence-corrected chi connectivity index (χ3v) is 2.45. The fourth-order valence-corrected chi connectivity index (χ4v) is 1.56. The molecular formula is C10H13N3O. The van der Waals surface area contributed by atoms with Crippen molar-refractivity contribution in [1.82, 2.24) is 9.97 Å². The largest absolute Gasteiger partial charge is 0.368 e. The molecule has 1 saturated heterocycles. The summed E-state index contributed by atoms with van der Waals surface area (Å²) in [6.07, 6.45) is 4.93. The molecule has 0 aliphatic carbocycles. The van der Waals surface area contributed by atoms with Crippen LogP contribution in [0.3, 0.4) is 0 Å². The van der Waals surface area contributed by atoms with Crippen LogP contribution >= 0.6 is 0 Å². The third kappa shape index (κ3) is 1.89. The summed E-state index contributed by atoms with van der Waals surface area (Å²) in [4.78, 5) is 21.5. The summed E-state index contributed by atoms with van der Waals surface area (Å²) in [6, 6.07) is 0. The van der Waals surface area contributed by atoms with Gasteiger partial charge in [0.25, 0.3) is 0 Å². The second-order valence-electron chi connectivity index (χ2n) is 3.51. The van der Waals surface area contributed by atoms with Crippen LogP contribution in [0, 0.1) is 6.92 Å². The van der Waals surface area contributed by atoms with Crippen LogP contribution in [0.15, 0.2) is 12.4 Å². The molecule has 4 heteroatoms. The molecule has 0 saturated carbocycles. The Hall–Kier alpha value is -1.45. The number of nitrogens with zero attached hydrogens (tertiary/aromatic N) is 3. The van der Waals surface area contributed by atoms with Crippen LogP contribution in [0.4, 0.5) is 5.69 Å². The van der Waals surface area contributed by atoms with Crippen molar-refractivity contribution in [3.05, 3.63) is 18.2 Å². The maximum atomic E-state index is 11.0. The second-order valence-corrected chi connectivity index (χ2v) is 3.51. The van der Waals surface area contributed by atoms with Gasteiger partial charge in [0.05, 0.1) is 18.1 Å². The van der Waals surface area contributed by atoms with E-state index in [0.717, 1.165) is 24.6 Å². The first-order valence-corrected chi connectivity index (χ1v) is 4.81. The molecule has 1 aliphatic rings. The number of aryl methyl sites for hydroxylation is 1. The maximum absolute atomic E-state index is 11.0. The summed E-state index contributed by atoms with van der Waals surface area (Å²) in [5.74, 6) is 1.14. The van der Waals surface area contributed by atoms with Gasteiger partial charge in [0.2, 0.25) is 0 Å². The second kappa shape index (κ2) is 3.74. The molecule has 0 aromatic carbocycles. The Bertz CT molecular complexity index is 324. The third-order valence-electron chi connectivity index (χ3n) is 2.45. The van der Waals surface area contributed by atoms with E-state index in [0.29, 0.717) is 18.6 Å². The summed E-state index contributed by atoms with van der Waals surface area (Å²) in [5, 5.41) is 0. The highest BCUT2D eigenvalue weighted by Gasteiger charge is 2.16. The minimum atomic E-state index is 0.356. The van der Waals surface area contributed by atoms with E-state index < -0.39 is 0 Å². The summed E-state index contributed by atoms with van der Waals surface area (Å²) < 4.78 is 0. The van der Waals surface area contributed by atoms with E-state index in [9.17, 15) is 4.79 Å². The minimum absolute atomic E-state index is 0.356. The fourth-order valence-electron chi connectivity index (χ4n) is 1.56. The lowest BCUT2D eigenvalue weighted by Crippen LogP contribution is -2.33. The highest BCUT2D eigenvalue weighted by Crippen LogP contribution is 2.15. The number of aromatic nitrogens is 2. The lowest BCUT2D eigenvalue weighted by molar-refractivity contribution is -0.119. The van der Waals surface area contributed by atoms with Gasteiger partial charge in [0.1, 0.15) is 11.6 Å². The van der Waals surface area contributed by atoms with Crippen LogP contribution in [0.25, 0.3) is 0 Å². The molecule has 0 atom stereocenters. The maximum Gasteiger partial charge on any atom is 0.136 e. The number of anilines is 1. The van der Waals surface area contributed by atoms with Gasteiger partial charge < -0.3 is 4.90 Å². The molecule has 2 rings (SSSR count). The number of rotatable bonds is 1. The molecule has 1 fully saturated rings. The van der Waals surface area contributed by atoms with Crippen molar-refractivity contribution in [2.75, 3.05) is 18.0 Å². The van der Waals surface area contributed by atoms with Gasteiger partial charge in [-0.05, 0) is 6.92 Å². The Balaban J connectivity index is 2.08. The van der Waals surface area contributed by atoms with Gasteiger partial charge >= 0.3 is 0 Å². The molecule has 0 radical (unpaired) electrons. The Morgan fingerprint density at radius 1 is 1.21 bits per heavy atom. The number of Topliss-reactive ketones (excluding diaryl/α,β-unsaturated/α-hetero) is 1. The van der Waals surface area contributed by atoms with E-state index in [1.165, 1.54) is 0 Å².